The minimum absolute atomic E-state index is 0.0200. The van der Waals surface area contributed by atoms with E-state index < -0.39 is 0 Å². The van der Waals surface area contributed by atoms with Crippen LogP contribution in [0.3, 0.4) is 0 Å². The van der Waals surface area contributed by atoms with E-state index in [9.17, 15) is 4.79 Å². The van der Waals surface area contributed by atoms with E-state index >= 15 is 0 Å². The summed E-state index contributed by atoms with van der Waals surface area (Å²) in [7, 11) is 0. The first-order chi connectivity index (χ1) is 12.1. The molecule has 1 aliphatic rings. The molecule has 1 amide bonds. The standard InChI is InChI=1S/C18H20N4O3/c1-11(2)16-20-21-17(25-16)15-10-22(7-8-24-15)18(23)13-4-3-12-5-6-19-14(12)9-13/h3-6,9,11,15,19H,7-8,10H2,1-2H3/t15-/m0/s1. The van der Waals surface area contributed by atoms with Crippen LogP contribution >= 0.6 is 0 Å². The average molecular weight is 340 g/mol. The van der Waals surface area contributed by atoms with Crippen molar-refractivity contribution in [2.45, 2.75) is 25.9 Å². The predicted molar refractivity (Wildman–Crippen MR) is 91.3 cm³/mol. The first-order valence-electron chi connectivity index (χ1n) is 8.43. The Morgan fingerprint density at radius 1 is 1.32 bits per heavy atom. The monoisotopic (exact) mass is 340 g/mol. The smallest absolute Gasteiger partial charge is 0.254 e. The lowest BCUT2D eigenvalue weighted by atomic mass is 10.1. The summed E-state index contributed by atoms with van der Waals surface area (Å²) in [6.07, 6.45) is 1.48. The number of nitrogens with one attached hydrogen (secondary N) is 1. The van der Waals surface area contributed by atoms with Crippen LogP contribution in [0, 0.1) is 0 Å². The van der Waals surface area contributed by atoms with Crippen molar-refractivity contribution in [2.24, 2.45) is 0 Å². The number of H-pyrrole nitrogens is 1. The first kappa shape index (κ1) is 15.8. The fourth-order valence-corrected chi connectivity index (χ4v) is 2.96. The number of morpholine rings is 1. The number of hydrogen-bond acceptors (Lipinski definition) is 5. The Morgan fingerprint density at radius 3 is 3.00 bits per heavy atom. The number of benzene rings is 1. The van der Waals surface area contributed by atoms with Crippen LogP contribution in [-0.2, 0) is 4.74 Å². The molecule has 7 nitrogen and oxygen atoms in total. The van der Waals surface area contributed by atoms with Crippen molar-refractivity contribution >= 4 is 16.8 Å². The van der Waals surface area contributed by atoms with Crippen molar-refractivity contribution in [2.75, 3.05) is 19.7 Å². The Balaban J connectivity index is 1.52. The van der Waals surface area contributed by atoms with Crippen LogP contribution in [0.2, 0.25) is 0 Å². The van der Waals surface area contributed by atoms with Gasteiger partial charge in [0, 0.05) is 29.7 Å². The van der Waals surface area contributed by atoms with Gasteiger partial charge in [-0.3, -0.25) is 4.79 Å². The SMILES string of the molecule is CC(C)c1nnc([C@@H]2CN(C(=O)c3ccc4cc[nH]c4c3)CCO2)o1. The quantitative estimate of drug-likeness (QED) is 0.792. The summed E-state index contributed by atoms with van der Waals surface area (Å²) in [4.78, 5) is 17.8. The molecule has 0 spiro atoms. The van der Waals surface area contributed by atoms with Crippen molar-refractivity contribution in [1.29, 1.82) is 0 Å². The lowest BCUT2D eigenvalue weighted by Gasteiger charge is -2.31. The minimum Gasteiger partial charge on any atom is -0.422 e. The van der Waals surface area contributed by atoms with Gasteiger partial charge in [0.15, 0.2) is 6.10 Å². The zero-order chi connectivity index (χ0) is 17.4. The molecule has 1 fully saturated rings. The number of carbonyl (C=O) groups excluding carboxylic acids is 1. The number of aromatic amines is 1. The van der Waals surface area contributed by atoms with Gasteiger partial charge in [-0.05, 0) is 23.6 Å². The second-order valence-electron chi connectivity index (χ2n) is 6.52. The number of aromatic nitrogens is 3. The lowest BCUT2D eigenvalue weighted by Crippen LogP contribution is -2.42. The van der Waals surface area contributed by atoms with Gasteiger partial charge in [-0.2, -0.15) is 0 Å². The molecule has 4 rings (SSSR count). The molecule has 0 aliphatic carbocycles. The molecule has 0 bridgehead atoms. The lowest BCUT2D eigenvalue weighted by molar-refractivity contribution is -0.0351. The maximum atomic E-state index is 12.8. The van der Waals surface area contributed by atoms with E-state index in [4.69, 9.17) is 9.15 Å². The molecule has 1 aromatic carbocycles. The minimum atomic E-state index is -0.382. The number of amides is 1. The molecule has 3 aromatic rings. The van der Waals surface area contributed by atoms with Gasteiger partial charge in [0.1, 0.15) is 0 Å². The van der Waals surface area contributed by atoms with Crippen LogP contribution in [0.4, 0.5) is 0 Å². The number of ether oxygens (including phenoxy) is 1. The van der Waals surface area contributed by atoms with E-state index in [1.165, 1.54) is 0 Å². The van der Waals surface area contributed by atoms with Gasteiger partial charge in [-0.1, -0.05) is 19.9 Å². The largest absolute Gasteiger partial charge is 0.422 e. The average Bonchev–Trinajstić information content (AvgIpc) is 3.30. The number of nitrogens with zero attached hydrogens (tertiary/aromatic N) is 3. The highest BCUT2D eigenvalue weighted by molar-refractivity contribution is 5.98. The highest BCUT2D eigenvalue weighted by atomic mass is 16.5. The molecular weight excluding hydrogens is 320 g/mol. The molecule has 0 radical (unpaired) electrons. The van der Waals surface area contributed by atoms with Crippen molar-refractivity contribution in [3.63, 3.8) is 0 Å². The molecule has 1 N–H and O–H groups in total. The van der Waals surface area contributed by atoms with Gasteiger partial charge in [0.05, 0.1) is 13.2 Å². The van der Waals surface area contributed by atoms with Crippen LogP contribution < -0.4 is 0 Å². The van der Waals surface area contributed by atoms with Gasteiger partial charge in [0.2, 0.25) is 11.8 Å². The van der Waals surface area contributed by atoms with Crippen molar-refractivity contribution < 1.29 is 13.9 Å². The third-order valence-corrected chi connectivity index (χ3v) is 4.38. The van der Waals surface area contributed by atoms with E-state index in [0.29, 0.717) is 37.0 Å². The van der Waals surface area contributed by atoms with Gasteiger partial charge in [-0.15, -0.1) is 10.2 Å². The fourth-order valence-electron chi connectivity index (χ4n) is 2.96. The van der Waals surface area contributed by atoms with E-state index in [1.807, 2.05) is 44.3 Å². The van der Waals surface area contributed by atoms with Crippen molar-refractivity contribution in [3.8, 4) is 0 Å². The molecule has 0 saturated carbocycles. The molecule has 25 heavy (non-hydrogen) atoms. The Hall–Kier alpha value is -2.67. The van der Waals surface area contributed by atoms with Crippen molar-refractivity contribution in [1.82, 2.24) is 20.1 Å². The highest BCUT2D eigenvalue weighted by Crippen LogP contribution is 2.25. The fraction of sp³-hybridized carbons (Fsp3) is 0.389. The van der Waals surface area contributed by atoms with Gasteiger partial charge >= 0.3 is 0 Å². The van der Waals surface area contributed by atoms with Gasteiger partial charge in [-0.25, -0.2) is 0 Å². The molecule has 1 saturated heterocycles. The molecule has 3 heterocycles. The van der Waals surface area contributed by atoms with Crippen LogP contribution in [0.5, 0.6) is 0 Å². The zero-order valence-electron chi connectivity index (χ0n) is 14.2. The maximum absolute atomic E-state index is 12.8. The number of rotatable bonds is 3. The molecule has 0 unspecified atom stereocenters. The summed E-state index contributed by atoms with van der Waals surface area (Å²) in [5.74, 6) is 1.16. The molecular formula is C18H20N4O3. The summed E-state index contributed by atoms with van der Waals surface area (Å²) >= 11 is 0. The number of hydrogen-bond donors (Lipinski definition) is 1. The Kier molecular flexibility index (Phi) is 4.01. The van der Waals surface area contributed by atoms with E-state index in [2.05, 4.69) is 15.2 Å². The van der Waals surface area contributed by atoms with Crippen LogP contribution in [-0.4, -0.2) is 45.7 Å². The van der Waals surface area contributed by atoms with Gasteiger partial charge < -0.3 is 19.0 Å². The summed E-state index contributed by atoms with van der Waals surface area (Å²) in [6, 6.07) is 7.67. The first-order valence-corrected chi connectivity index (χ1v) is 8.43. The summed E-state index contributed by atoms with van der Waals surface area (Å²) in [5.41, 5.74) is 1.61. The maximum Gasteiger partial charge on any atom is 0.254 e. The van der Waals surface area contributed by atoms with Crippen LogP contribution in [0.15, 0.2) is 34.9 Å². The van der Waals surface area contributed by atoms with Crippen LogP contribution in [0.1, 0.15) is 48.0 Å². The van der Waals surface area contributed by atoms with Gasteiger partial charge in [0.25, 0.3) is 5.91 Å². The Labute approximate surface area is 145 Å². The van der Waals surface area contributed by atoms with E-state index in [-0.39, 0.29) is 17.9 Å². The third-order valence-electron chi connectivity index (χ3n) is 4.38. The molecule has 7 heteroatoms. The normalized spacial score (nSPS) is 18.2. The topological polar surface area (TPSA) is 84.2 Å². The summed E-state index contributed by atoms with van der Waals surface area (Å²) < 4.78 is 11.4. The predicted octanol–water partition coefficient (Wildman–Crippen LogP) is 2.89. The highest BCUT2D eigenvalue weighted by Gasteiger charge is 2.30. The number of fused-ring (bicyclic) bond motifs is 1. The van der Waals surface area contributed by atoms with E-state index in [1.54, 1.807) is 4.90 Å². The second kappa shape index (κ2) is 6.33. The molecule has 130 valence electrons. The number of carbonyl (C=O) groups is 1. The van der Waals surface area contributed by atoms with Crippen LogP contribution in [0.25, 0.3) is 10.9 Å². The Bertz CT molecular complexity index is 899. The molecule has 1 atom stereocenters. The summed E-state index contributed by atoms with van der Waals surface area (Å²) in [5, 5.41) is 9.21. The molecule has 2 aromatic heterocycles. The third kappa shape index (κ3) is 3.02. The summed E-state index contributed by atoms with van der Waals surface area (Å²) in [6.45, 7) is 5.38. The Morgan fingerprint density at radius 2 is 2.20 bits per heavy atom. The van der Waals surface area contributed by atoms with Crippen molar-refractivity contribution in [3.05, 3.63) is 47.8 Å². The van der Waals surface area contributed by atoms with E-state index in [0.717, 1.165) is 10.9 Å². The zero-order valence-corrected chi connectivity index (χ0v) is 14.2. The second-order valence-corrected chi connectivity index (χ2v) is 6.52. The molecule has 1 aliphatic heterocycles.